The number of nitrogens with one attached hydrogen (secondary N) is 1. The average molecular weight is 496 g/mol. The van der Waals surface area contributed by atoms with E-state index in [4.69, 9.17) is 4.98 Å². The van der Waals surface area contributed by atoms with Crippen molar-refractivity contribution in [1.82, 2.24) is 29.5 Å². The van der Waals surface area contributed by atoms with Crippen LogP contribution < -0.4 is 5.32 Å². The van der Waals surface area contributed by atoms with Gasteiger partial charge in [-0.05, 0) is 48.2 Å². The van der Waals surface area contributed by atoms with Crippen LogP contribution in [0.3, 0.4) is 0 Å². The van der Waals surface area contributed by atoms with Crippen LogP contribution in [-0.4, -0.2) is 47.7 Å². The second-order valence-electron chi connectivity index (χ2n) is 9.29. The highest BCUT2D eigenvalue weighted by Gasteiger charge is 2.34. The summed E-state index contributed by atoms with van der Waals surface area (Å²) in [5.41, 5.74) is 2.82. The van der Waals surface area contributed by atoms with Crippen LogP contribution in [0.1, 0.15) is 24.0 Å². The molecular formula is C28H26FN7O. The first-order valence-electron chi connectivity index (χ1n) is 12.3. The number of likely N-dealkylation sites (tertiary alicyclic amines) is 1. The Morgan fingerprint density at radius 2 is 1.78 bits per heavy atom. The molecule has 1 aromatic carbocycles. The fourth-order valence-electron chi connectivity index (χ4n) is 4.87. The van der Waals surface area contributed by atoms with E-state index in [1.54, 1.807) is 16.8 Å². The largest absolute Gasteiger partial charge is 0.385 e. The average Bonchev–Trinajstić information content (AvgIpc) is 3.35. The Kier molecular flexibility index (Phi) is 6.07. The highest BCUT2D eigenvalue weighted by Crippen LogP contribution is 2.34. The standard InChI is InChI=1S/C28H26FN7O/c29-22-18-30-14-9-23(22)32-27-25-20(10-15-36(25)34-26(33-27)24-8-4-5-13-31-24)19-35-16-11-28(37,12-17-35)21-6-2-1-3-7-21/h1-10,13-15,18,37H,11-12,16-17,19H2,(H,30,32,33,34). The molecule has 0 aliphatic carbocycles. The third kappa shape index (κ3) is 4.66. The van der Waals surface area contributed by atoms with Gasteiger partial charge in [-0.1, -0.05) is 36.4 Å². The number of aliphatic hydroxyl groups is 1. The SMILES string of the molecule is OC1(c2ccccc2)CCN(Cc2ccn3nc(-c4ccccn4)nc(Nc4ccncc4F)c23)CC1. The third-order valence-corrected chi connectivity index (χ3v) is 6.90. The Bertz CT molecular complexity index is 1520. The molecule has 5 heterocycles. The molecule has 5 aromatic rings. The summed E-state index contributed by atoms with van der Waals surface area (Å²) < 4.78 is 16.3. The Morgan fingerprint density at radius 3 is 2.54 bits per heavy atom. The third-order valence-electron chi connectivity index (χ3n) is 6.90. The first-order chi connectivity index (χ1) is 18.1. The van der Waals surface area contributed by atoms with Crippen molar-refractivity contribution in [3.63, 3.8) is 0 Å². The number of hydrogen-bond donors (Lipinski definition) is 2. The number of hydrogen-bond acceptors (Lipinski definition) is 7. The zero-order valence-corrected chi connectivity index (χ0v) is 20.1. The summed E-state index contributed by atoms with van der Waals surface area (Å²) in [6, 6.07) is 19.0. The Labute approximate surface area is 213 Å². The van der Waals surface area contributed by atoms with Gasteiger partial charge in [0.05, 0.1) is 17.5 Å². The molecule has 186 valence electrons. The van der Waals surface area contributed by atoms with Gasteiger partial charge in [0.2, 0.25) is 5.82 Å². The van der Waals surface area contributed by atoms with Crippen molar-refractivity contribution in [2.75, 3.05) is 18.4 Å². The zero-order chi connectivity index (χ0) is 25.2. The number of piperidine rings is 1. The van der Waals surface area contributed by atoms with E-state index in [9.17, 15) is 9.50 Å². The van der Waals surface area contributed by atoms with Gasteiger partial charge in [0.25, 0.3) is 0 Å². The van der Waals surface area contributed by atoms with Gasteiger partial charge in [0.15, 0.2) is 11.6 Å². The molecule has 6 rings (SSSR count). The Morgan fingerprint density at radius 1 is 0.973 bits per heavy atom. The quantitative estimate of drug-likeness (QED) is 0.357. The minimum absolute atomic E-state index is 0.278. The van der Waals surface area contributed by atoms with E-state index in [1.807, 2.05) is 60.8 Å². The van der Waals surface area contributed by atoms with E-state index in [2.05, 4.69) is 25.3 Å². The van der Waals surface area contributed by atoms with Crippen molar-refractivity contribution < 1.29 is 9.50 Å². The molecule has 0 amide bonds. The summed E-state index contributed by atoms with van der Waals surface area (Å²) in [4.78, 5) is 15.3. The lowest BCUT2D eigenvalue weighted by Crippen LogP contribution is -2.42. The predicted octanol–water partition coefficient (Wildman–Crippen LogP) is 4.55. The second kappa shape index (κ2) is 9.68. The first kappa shape index (κ1) is 23.2. The van der Waals surface area contributed by atoms with Crippen molar-refractivity contribution in [1.29, 1.82) is 0 Å². The second-order valence-corrected chi connectivity index (χ2v) is 9.29. The number of halogens is 1. The summed E-state index contributed by atoms with van der Waals surface area (Å²) in [5.74, 6) is 0.444. The minimum atomic E-state index is -0.813. The van der Waals surface area contributed by atoms with Crippen LogP contribution in [0.2, 0.25) is 0 Å². The summed E-state index contributed by atoms with van der Waals surface area (Å²) in [7, 11) is 0. The van der Waals surface area contributed by atoms with Crippen molar-refractivity contribution in [2.24, 2.45) is 0 Å². The van der Waals surface area contributed by atoms with E-state index in [1.165, 1.54) is 12.4 Å². The van der Waals surface area contributed by atoms with Crippen molar-refractivity contribution in [2.45, 2.75) is 25.0 Å². The number of fused-ring (bicyclic) bond motifs is 1. The maximum Gasteiger partial charge on any atom is 0.200 e. The molecule has 0 bridgehead atoms. The lowest BCUT2D eigenvalue weighted by Gasteiger charge is -2.38. The maximum atomic E-state index is 14.5. The van der Waals surface area contributed by atoms with Gasteiger partial charge < -0.3 is 10.4 Å². The van der Waals surface area contributed by atoms with E-state index < -0.39 is 11.4 Å². The van der Waals surface area contributed by atoms with E-state index in [0.717, 1.165) is 29.7 Å². The van der Waals surface area contributed by atoms with Crippen molar-refractivity contribution in [3.8, 4) is 11.5 Å². The molecule has 0 unspecified atom stereocenters. The lowest BCUT2D eigenvalue weighted by molar-refractivity contribution is -0.0276. The molecule has 0 radical (unpaired) electrons. The number of benzene rings is 1. The lowest BCUT2D eigenvalue weighted by atomic mass is 9.84. The molecule has 1 fully saturated rings. The van der Waals surface area contributed by atoms with Crippen LogP contribution in [-0.2, 0) is 12.1 Å². The molecular weight excluding hydrogens is 469 g/mol. The van der Waals surface area contributed by atoms with Crippen LogP contribution in [0.5, 0.6) is 0 Å². The monoisotopic (exact) mass is 495 g/mol. The molecule has 1 aliphatic heterocycles. The topological polar surface area (TPSA) is 91.5 Å². The van der Waals surface area contributed by atoms with E-state index in [0.29, 0.717) is 36.7 Å². The molecule has 0 spiro atoms. The summed E-state index contributed by atoms with van der Waals surface area (Å²) in [6.45, 7) is 2.15. The molecule has 1 saturated heterocycles. The molecule has 9 heteroatoms. The van der Waals surface area contributed by atoms with Gasteiger partial charge in [-0.15, -0.1) is 5.10 Å². The smallest absolute Gasteiger partial charge is 0.200 e. The normalized spacial score (nSPS) is 15.6. The number of rotatable bonds is 6. The summed E-state index contributed by atoms with van der Waals surface area (Å²) in [5, 5.41) is 19.1. The van der Waals surface area contributed by atoms with Crippen LogP contribution >= 0.6 is 0 Å². The molecule has 0 atom stereocenters. The maximum absolute atomic E-state index is 14.5. The molecule has 0 saturated carbocycles. The van der Waals surface area contributed by atoms with E-state index >= 15 is 0 Å². The Hall–Kier alpha value is -4.21. The van der Waals surface area contributed by atoms with Crippen LogP contribution in [0, 0.1) is 5.82 Å². The molecule has 8 nitrogen and oxygen atoms in total. The number of anilines is 2. The van der Waals surface area contributed by atoms with Crippen LogP contribution in [0.15, 0.2) is 85.5 Å². The Balaban J connectivity index is 1.31. The molecule has 1 aliphatic rings. The highest BCUT2D eigenvalue weighted by molar-refractivity contribution is 5.78. The van der Waals surface area contributed by atoms with Crippen LogP contribution in [0.25, 0.3) is 17.0 Å². The number of nitrogens with zero attached hydrogens (tertiary/aromatic N) is 6. The predicted molar refractivity (Wildman–Crippen MR) is 139 cm³/mol. The van der Waals surface area contributed by atoms with Gasteiger partial charge in [-0.3, -0.25) is 14.9 Å². The molecule has 2 N–H and O–H groups in total. The zero-order valence-electron chi connectivity index (χ0n) is 20.1. The van der Waals surface area contributed by atoms with Gasteiger partial charge in [-0.25, -0.2) is 13.9 Å². The van der Waals surface area contributed by atoms with Gasteiger partial charge in [-0.2, -0.15) is 0 Å². The van der Waals surface area contributed by atoms with Gasteiger partial charge in [0, 0.05) is 38.2 Å². The summed E-state index contributed by atoms with van der Waals surface area (Å²) >= 11 is 0. The fraction of sp³-hybridized carbons (Fsp3) is 0.214. The number of aromatic nitrogens is 5. The van der Waals surface area contributed by atoms with E-state index in [-0.39, 0.29) is 5.69 Å². The van der Waals surface area contributed by atoms with Crippen molar-refractivity contribution in [3.05, 3.63) is 102 Å². The number of pyridine rings is 2. The summed E-state index contributed by atoms with van der Waals surface area (Å²) in [6.07, 6.45) is 7.57. The van der Waals surface area contributed by atoms with Gasteiger partial charge >= 0.3 is 0 Å². The fourth-order valence-corrected chi connectivity index (χ4v) is 4.87. The first-order valence-corrected chi connectivity index (χ1v) is 12.3. The minimum Gasteiger partial charge on any atom is -0.385 e. The van der Waals surface area contributed by atoms with Crippen molar-refractivity contribution >= 4 is 17.0 Å². The molecule has 4 aromatic heterocycles. The van der Waals surface area contributed by atoms with Gasteiger partial charge in [0.1, 0.15) is 11.2 Å². The van der Waals surface area contributed by atoms with Crippen LogP contribution in [0.4, 0.5) is 15.9 Å². The highest BCUT2D eigenvalue weighted by atomic mass is 19.1. The molecule has 37 heavy (non-hydrogen) atoms.